The number of hydrogen-bond acceptors (Lipinski definition) is 9. The van der Waals surface area contributed by atoms with Crippen LogP contribution in [0.15, 0.2) is 59.5 Å². The average Bonchev–Trinajstić information content (AvgIpc) is 2.87. The normalized spacial score (nSPS) is 18.6. The molecule has 1 atom stereocenters. The van der Waals surface area contributed by atoms with E-state index in [0.29, 0.717) is 17.0 Å². The van der Waals surface area contributed by atoms with Crippen LogP contribution in [0.1, 0.15) is 39.2 Å². The Bertz CT molecular complexity index is 1150. The van der Waals surface area contributed by atoms with E-state index in [4.69, 9.17) is 9.47 Å². The number of non-ortho nitro benzene ring substituents is 1. The van der Waals surface area contributed by atoms with Gasteiger partial charge in [0.2, 0.25) is 0 Å². The molecule has 1 aromatic carbocycles. The number of carbonyl (C=O) groups excluding carboxylic acids is 2. The third-order valence-corrected chi connectivity index (χ3v) is 6.90. The number of nitrogens with zero attached hydrogens (tertiary/aromatic N) is 3. The summed E-state index contributed by atoms with van der Waals surface area (Å²) in [5.41, 5.74) is 1.45. The highest BCUT2D eigenvalue weighted by Crippen LogP contribution is 2.40. The Morgan fingerprint density at radius 2 is 1.72 bits per heavy atom. The third kappa shape index (κ3) is 7.90. The fourth-order valence-corrected chi connectivity index (χ4v) is 5.10. The number of carbonyl (C=O) groups is 2. The van der Waals surface area contributed by atoms with Gasteiger partial charge in [-0.25, -0.2) is 9.59 Å². The van der Waals surface area contributed by atoms with Crippen molar-refractivity contribution in [2.24, 2.45) is 5.41 Å². The molecule has 11 heteroatoms. The number of rotatable bonds is 10. The van der Waals surface area contributed by atoms with E-state index in [0.717, 1.165) is 39.3 Å². The molecule has 0 spiro atoms. The minimum absolute atomic E-state index is 0. The quantitative estimate of drug-likeness (QED) is 0.197. The van der Waals surface area contributed by atoms with Crippen LogP contribution in [0.4, 0.5) is 5.69 Å². The zero-order valence-electron chi connectivity index (χ0n) is 23.3. The number of esters is 2. The maximum absolute atomic E-state index is 13.6. The molecule has 0 aliphatic carbocycles. The van der Waals surface area contributed by atoms with E-state index in [2.05, 4.69) is 35.5 Å². The fraction of sp³-hybridized carbons (Fsp3) is 0.500. The molecular weight excluding hydrogens is 524 g/mol. The van der Waals surface area contributed by atoms with Crippen LogP contribution in [0, 0.1) is 15.5 Å². The van der Waals surface area contributed by atoms with Crippen molar-refractivity contribution in [3.05, 3.63) is 75.1 Å². The summed E-state index contributed by atoms with van der Waals surface area (Å²) in [5, 5.41) is 14.5. The lowest BCUT2D eigenvalue weighted by Gasteiger charge is -2.38. The molecule has 0 amide bonds. The topological polar surface area (TPSA) is 114 Å². The molecule has 0 radical (unpaired) electrons. The number of allylic oxidation sites excluding steroid dienone is 2. The van der Waals surface area contributed by atoms with Crippen molar-refractivity contribution in [1.82, 2.24) is 15.1 Å². The second-order valence-corrected chi connectivity index (χ2v) is 10.6. The van der Waals surface area contributed by atoms with Crippen LogP contribution in [0.2, 0.25) is 0 Å². The number of methoxy groups -OCH3 is 1. The van der Waals surface area contributed by atoms with Crippen molar-refractivity contribution in [2.45, 2.75) is 33.6 Å². The zero-order chi connectivity index (χ0) is 28.0. The molecule has 2 aliphatic rings. The van der Waals surface area contributed by atoms with Crippen LogP contribution in [-0.4, -0.2) is 79.6 Å². The number of nitro benzene ring substituents is 1. The predicted octanol–water partition coefficient (Wildman–Crippen LogP) is 3.80. The summed E-state index contributed by atoms with van der Waals surface area (Å²) in [5.74, 6) is -2.08. The van der Waals surface area contributed by atoms with E-state index in [1.54, 1.807) is 19.9 Å². The van der Waals surface area contributed by atoms with Crippen LogP contribution >= 0.6 is 12.4 Å². The lowest BCUT2D eigenvalue weighted by molar-refractivity contribution is -0.384. The Labute approximate surface area is 236 Å². The first-order chi connectivity index (χ1) is 18.0. The van der Waals surface area contributed by atoms with Crippen molar-refractivity contribution in [3.63, 3.8) is 0 Å². The first-order valence-electron chi connectivity index (χ1n) is 12.7. The van der Waals surface area contributed by atoms with Gasteiger partial charge in [-0.15, -0.1) is 19.0 Å². The molecule has 0 bridgehead atoms. The van der Waals surface area contributed by atoms with E-state index in [-0.39, 0.29) is 41.3 Å². The summed E-state index contributed by atoms with van der Waals surface area (Å²) in [4.78, 5) is 42.1. The molecule has 0 aromatic heterocycles. The molecule has 2 aliphatic heterocycles. The smallest absolute Gasteiger partial charge is 0.336 e. The second kappa shape index (κ2) is 13.7. The van der Waals surface area contributed by atoms with Crippen LogP contribution in [0.25, 0.3) is 0 Å². The van der Waals surface area contributed by atoms with Crippen LogP contribution in [0.5, 0.6) is 0 Å². The molecule has 1 saturated heterocycles. The molecule has 1 aromatic rings. The number of hydrogen-bond donors (Lipinski definition) is 1. The molecule has 1 N–H and O–H groups in total. The first kappa shape index (κ1) is 32.0. The molecule has 2 heterocycles. The molecule has 3 rings (SSSR count). The maximum Gasteiger partial charge on any atom is 0.336 e. The molecule has 0 unspecified atom stereocenters. The van der Waals surface area contributed by atoms with Crippen molar-refractivity contribution in [2.75, 3.05) is 53.0 Å². The van der Waals surface area contributed by atoms with Crippen molar-refractivity contribution < 1.29 is 24.0 Å². The number of nitro groups is 1. The zero-order valence-corrected chi connectivity index (χ0v) is 24.1. The lowest BCUT2D eigenvalue weighted by Crippen LogP contribution is -2.49. The molecule has 10 nitrogen and oxygen atoms in total. The van der Waals surface area contributed by atoms with E-state index < -0.39 is 22.8 Å². The molecule has 214 valence electrons. The Hall–Kier alpha value is -3.21. The summed E-state index contributed by atoms with van der Waals surface area (Å²) in [6.07, 6.45) is 1.92. The molecule has 1 fully saturated rings. The summed E-state index contributed by atoms with van der Waals surface area (Å²) < 4.78 is 10.9. The summed E-state index contributed by atoms with van der Waals surface area (Å²) in [6, 6.07) is 5.95. The van der Waals surface area contributed by atoms with Crippen molar-refractivity contribution >= 4 is 30.0 Å². The summed E-state index contributed by atoms with van der Waals surface area (Å²) in [6.45, 7) is 17.0. The Kier molecular flexibility index (Phi) is 11.3. The maximum atomic E-state index is 13.6. The molecule has 39 heavy (non-hydrogen) atoms. The number of nitrogens with one attached hydrogen (secondary N) is 1. The SMILES string of the molecule is C=CCN1CCN(CC(C)(C)COC(=O)C2=C(C)NC(C)=C(C(=O)OC)[C@@H]2c2cccc([N+](=O)[O-])c2)CC1.Cl. The van der Waals surface area contributed by atoms with Gasteiger partial charge in [0.25, 0.3) is 5.69 Å². The lowest BCUT2D eigenvalue weighted by atomic mass is 9.80. The minimum Gasteiger partial charge on any atom is -0.466 e. The highest BCUT2D eigenvalue weighted by Gasteiger charge is 2.39. The number of piperazine rings is 1. The van der Waals surface area contributed by atoms with E-state index >= 15 is 0 Å². The van der Waals surface area contributed by atoms with E-state index in [9.17, 15) is 19.7 Å². The van der Waals surface area contributed by atoms with Gasteiger partial charge < -0.3 is 19.7 Å². The van der Waals surface area contributed by atoms with Gasteiger partial charge in [0.05, 0.1) is 35.7 Å². The second-order valence-electron chi connectivity index (χ2n) is 10.6. The first-order valence-corrected chi connectivity index (χ1v) is 12.7. The highest BCUT2D eigenvalue weighted by atomic mass is 35.5. The van der Waals surface area contributed by atoms with Crippen LogP contribution < -0.4 is 5.32 Å². The largest absolute Gasteiger partial charge is 0.466 e. The number of benzene rings is 1. The summed E-state index contributed by atoms with van der Waals surface area (Å²) >= 11 is 0. The highest BCUT2D eigenvalue weighted by molar-refractivity contribution is 5.99. The number of ether oxygens (including phenoxy) is 2. The number of dihydropyridines is 1. The number of halogens is 1. The minimum atomic E-state index is -0.878. The predicted molar refractivity (Wildman–Crippen MR) is 151 cm³/mol. The summed E-state index contributed by atoms with van der Waals surface area (Å²) in [7, 11) is 1.26. The Balaban J connectivity index is 0.00000533. The van der Waals surface area contributed by atoms with Gasteiger partial charge >= 0.3 is 11.9 Å². The molecule has 0 saturated carbocycles. The van der Waals surface area contributed by atoms with Crippen LogP contribution in [-0.2, 0) is 19.1 Å². The third-order valence-electron chi connectivity index (χ3n) is 6.90. The van der Waals surface area contributed by atoms with Gasteiger partial charge in [-0.1, -0.05) is 32.1 Å². The Morgan fingerprint density at radius 1 is 1.13 bits per heavy atom. The van der Waals surface area contributed by atoms with Crippen LogP contribution in [0.3, 0.4) is 0 Å². The monoisotopic (exact) mass is 562 g/mol. The standard InChI is InChI=1S/C28H38N4O6.ClH/c1-7-11-30-12-14-31(15-13-30)17-28(4,5)18-38-27(34)24-20(3)29-19(2)23(26(33)37-6)25(24)21-9-8-10-22(16-21)32(35)36;/h7-10,16,25,29H,1,11-15,17-18H2,2-6H3;1H/t25-;/m0./s1. The van der Waals surface area contributed by atoms with Gasteiger partial charge in [-0.05, 0) is 19.4 Å². The van der Waals surface area contributed by atoms with Gasteiger partial charge in [0, 0.05) is 68.2 Å². The van der Waals surface area contributed by atoms with Gasteiger partial charge in [-0.3, -0.25) is 15.0 Å². The van der Waals surface area contributed by atoms with E-state index in [1.165, 1.54) is 25.3 Å². The van der Waals surface area contributed by atoms with Crippen molar-refractivity contribution in [3.8, 4) is 0 Å². The van der Waals surface area contributed by atoms with Gasteiger partial charge in [-0.2, -0.15) is 0 Å². The molecular formula is C28H39ClN4O6. The van der Waals surface area contributed by atoms with Gasteiger partial charge in [0.15, 0.2) is 0 Å². The van der Waals surface area contributed by atoms with Gasteiger partial charge in [0.1, 0.15) is 0 Å². The van der Waals surface area contributed by atoms with Crippen molar-refractivity contribution in [1.29, 1.82) is 0 Å². The van der Waals surface area contributed by atoms with E-state index in [1.807, 2.05) is 6.08 Å². The fourth-order valence-electron chi connectivity index (χ4n) is 5.10. The average molecular weight is 563 g/mol. The Morgan fingerprint density at radius 3 is 2.28 bits per heavy atom.